The average molecular weight is 402 g/mol. The number of nitrogens with zero attached hydrogens (tertiary/aromatic N) is 1. The summed E-state index contributed by atoms with van der Waals surface area (Å²) in [5.74, 6) is 0.433. The number of halogens is 1. The van der Waals surface area contributed by atoms with Crippen molar-refractivity contribution in [2.24, 2.45) is 5.92 Å². The first kappa shape index (κ1) is 21.2. The molecule has 1 amide bonds. The molecule has 0 bridgehead atoms. The Kier molecular flexibility index (Phi) is 7.88. The molecular formula is C18H28ClN3O3S. The highest BCUT2D eigenvalue weighted by Crippen LogP contribution is 2.26. The molecule has 8 heteroatoms. The zero-order valence-electron chi connectivity index (χ0n) is 14.9. The Hall–Kier alpha value is -1.15. The van der Waals surface area contributed by atoms with Crippen LogP contribution in [-0.2, 0) is 14.8 Å². The third-order valence-electron chi connectivity index (χ3n) is 5.11. The molecule has 0 radical (unpaired) electrons. The van der Waals surface area contributed by atoms with Crippen molar-refractivity contribution in [2.75, 3.05) is 26.2 Å². The van der Waals surface area contributed by atoms with Crippen LogP contribution in [0.2, 0.25) is 0 Å². The molecule has 0 aliphatic carbocycles. The van der Waals surface area contributed by atoms with Gasteiger partial charge in [-0.25, -0.2) is 8.42 Å². The van der Waals surface area contributed by atoms with Crippen LogP contribution in [0.1, 0.15) is 32.1 Å². The van der Waals surface area contributed by atoms with E-state index in [-0.39, 0.29) is 23.2 Å². The van der Waals surface area contributed by atoms with E-state index in [1.807, 2.05) is 0 Å². The third-order valence-corrected chi connectivity index (χ3v) is 7.03. The van der Waals surface area contributed by atoms with Crippen molar-refractivity contribution in [3.05, 3.63) is 30.3 Å². The molecule has 2 atom stereocenters. The number of carbonyl (C=O) groups excluding carboxylic acids is 1. The van der Waals surface area contributed by atoms with Crippen LogP contribution in [0, 0.1) is 5.92 Å². The lowest BCUT2D eigenvalue weighted by Gasteiger charge is -2.25. The van der Waals surface area contributed by atoms with Gasteiger partial charge in [0.2, 0.25) is 15.9 Å². The maximum Gasteiger partial charge on any atom is 0.243 e. The van der Waals surface area contributed by atoms with Crippen molar-refractivity contribution in [1.82, 2.24) is 14.9 Å². The quantitative estimate of drug-likeness (QED) is 0.761. The van der Waals surface area contributed by atoms with Crippen molar-refractivity contribution in [3.8, 4) is 0 Å². The van der Waals surface area contributed by atoms with E-state index < -0.39 is 16.1 Å². The molecule has 0 aromatic heterocycles. The molecule has 1 aromatic rings. The molecule has 2 heterocycles. The van der Waals surface area contributed by atoms with Gasteiger partial charge in [0, 0.05) is 13.1 Å². The van der Waals surface area contributed by atoms with E-state index in [9.17, 15) is 13.2 Å². The number of piperidine rings is 1. The summed E-state index contributed by atoms with van der Waals surface area (Å²) in [7, 11) is -3.62. The third kappa shape index (κ3) is 4.97. The van der Waals surface area contributed by atoms with Crippen molar-refractivity contribution in [3.63, 3.8) is 0 Å². The fourth-order valence-electron chi connectivity index (χ4n) is 3.71. The van der Waals surface area contributed by atoms with E-state index in [1.54, 1.807) is 30.3 Å². The summed E-state index contributed by atoms with van der Waals surface area (Å²) in [6, 6.07) is 7.77. The van der Waals surface area contributed by atoms with Gasteiger partial charge in [-0.15, -0.1) is 12.4 Å². The second-order valence-corrected chi connectivity index (χ2v) is 8.77. The average Bonchev–Trinajstić information content (AvgIpc) is 3.14. The van der Waals surface area contributed by atoms with Crippen LogP contribution >= 0.6 is 12.4 Å². The largest absolute Gasteiger partial charge is 0.355 e. The SMILES string of the molecule is Cl.O=C(NCCC1CCCNC1)C1CCCN1S(=O)(=O)c1ccccc1. The number of carbonyl (C=O) groups is 1. The van der Waals surface area contributed by atoms with Gasteiger partial charge in [-0.3, -0.25) is 4.79 Å². The molecule has 0 spiro atoms. The maximum absolute atomic E-state index is 12.8. The summed E-state index contributed by atoms with van der Waals surface area (Å²) in [5, 5.41) is 6.33. The van der Waals surface area contributed by atoms with Gasteiger partial charge in [-0.05, 0) is 63.2 Å². The van der Waals surface area contributed by atoms with Gasteiger partial charge in [-0.1, -0.05) is 18.2 Å². The van der Waals surface area contributed by atoms with Gasteiger partial charge in [0.25, 0.3) is 0 Å². The molecular weight excluding hydrogens is 374 g/mol. The summed E-state index contributed by atoms with van der Waals surface area (Å²) in [6.07, 6.45) is 4.63. The fourth-order valence-corrected chi connectivity index (χ4v) is 5.38. The Balaban J connectivity index is 0.00000243. The molecule has 2 aliphatic heterocycles. The van der Waals surface area contributed by atoms with Gasteiger partial charge in [0.05, 0.1) is 4.90 Å². The molecule has 2 saturated heterocycles. The predicted octanol–water partition coefficient (Wildman–Crippen LogP) is 1.77. The normalized spacial score (nSPS) is 24.0. The van der Waals surface area contributed by atoms with Crippen LogP contribution in [0.5, 0.6) is 0 Å². The first-order valence-electron chi connectivity index (χ1n) is 9.14. The highest BCUT2D eigenvalue weighted by molar-refractivity contribution is 7.89. The van der Waals surface area contributed by atoms with Crippen LogP contribution in [-0.4, -0.2) is 50.9 Å². The molecule has 3 rings (SSSR count). The number of hydrogen-bond donors (Lipinski definition) is 2. The molecule has 1 aromatic carbocycles. The van der Waals surface area contributed by atoms with E-state index in [2.05, 4.69) is 10.6 Å². The van der Waals surface area contributed by atoms with E-state index in [0.717, 1.165) is 25.9 Å². The first-order valence-corrected chi connectivity index (χ1v) is 10.6. The Labute approximate surface area is 162 Å². The monoisotopic (exact) mass is 401 g/mol. The Morgan fingerprint density at radius 1 is 1.19 bits per heavy atom. The zero-order chi connectivity index (χ0) is 17.7. The molecule has 6 nitrogen and oxygen atoms in total. The van der Waals surface area contributed by atoms with Gasteiger partial charge in [-0.2, -0.15) is 4.31 Å². The molecule has 2 unspecified atom stereocenters. The molecule has 0 saturated carbocycles. The number of sulfonamides is 1. The topological polar surface area (TPSA) is 78.5 Å². The molecule has 2 aliphatic rings. The van der Waals surface area contributed by atoms with Crippen molar-refractivity contribution < 1.29 is 13.2 Å². The first-order chi connectivity index (χ1) is 12.1. The van der Waals surface area contributed by atoms with Crippen LogP contribution < -0.4 is 10.6 Å². The molecule has 2 fully saturated rings. The minimum atomic E-state index is -3.62. The summed E-state index contributed by atoms with van der Waals surface area (Å²) < 4.78 is 27.0. The Morgan fingerprint density at radius 3 is 2.65 bits per heavy atom. The van der Waals surface area contributed by atoms with Crippen LogP contribution in [0.3, 0.4) is 0 Å². The number of amides is 1. The van der Waals surface area contributed by atoms with Gasteiger partial charge < -0.3 is 10.6 Å². The summed E-state index contributed by atoms with van der Waals surface area (Å²) in [6.45, 7) is 3.10. The van der Waals surface area contributed by atoms with Crippen LogP contribution in [0.25, 0.3) is 0 Å². The van der Waals surface area contributed by atoms with Crippen LogP contribution in [0.15, 0.2) is 35.2 Å². The lowest BCUT2D eigenvalue weighted by atomic mass is 9.96. The Bertz CT molecular complexity index is 678. The van der Waals surface area contributed by atoms with Crippen molar-refractivity contribution in [2.45, 2.75) is 43.0 Å². The van der Waals surface area contributed by atoms with E-state index >= 15 is 0 Å². The maximum atomic E-state index is 12.8. The highest BCUT2D eigenvalue weighted by atomic mass is 35.5. The lowest BCUT2D eigenvalue weighted by molar-refractivity contribution is -0.124. The van der Waals surface area contributed by atoms with Crippen molar-refractivity contribution >= 4 is 28.3 Å². The number of nitrogens with one attached hydrogen (secondary N) is 2. The standard InChI is InChI=1S/C18H27N3O3S.ClH/c22-18(20-12-10-15-6-4-11-19-14-15)17-9-5-13-21(17)25(23,24)16-7-2-1-3-8-16;/h1-3,7-8,15,17,19H,4-6,9-14H2,(H,20,22);1H. The summed E-state index contributed by atoms with van der Waals surface area (Å²) in [4.78, 5) is 12.8. The number of benzene rings is 1. The van der Waals surface area contributed by atoms with E-state index in [4.69, 9.17) is 0 Å². The van der Waals surface area contributed by atoms with Gasteiger partial charge in [0.15, 0.2) is 0 Å². The molecule has 26 heavy (non-hydrogen) atoms. The van der Waals surface area contributed by atoms with E-state index in [0.29, 0.717) is 25.4 Å². The fraction of sp³-hybridized carbons (Fsp3) is 0.611. The minimum Gasteiger partial charge on any atom is -0.355 e. The van der Waals surface area contributed by atoms with Crippen LogP contribution in [0.4, 0.5) is 0 Å². The van der Waals surface area contributed by atoms with E-state index in [1.165, 1.54) is 17.1 Å². The lowest BCUT2D eigenvalue weighted by Crippen LogP contribution is -2.46. The second-order valence-electron chi connectivity index (χ2n) is 6.88. The number of rotatable bonds is 6. The summed E-state index contributed by atoms with van der Waals surface area (Å²) >= 11 is 0. The second kappa shape index (κ2) is 9.69. The smallest absolute Gasteiger partial charge is 0.243 e. The highest BCUT2D eigenvalue weighted by Gasteiger charge is 2.39. The number of hydrogen-bond acceptors (Lipinski definition) is 4. The molecule has 146 valence electrons. The summed E-state index contributed by atoms with van der Waals surface area (Å²) in [5.41, 5.74) is 0. The Morgan fingerprint density at radius 2 is 1.96 bits per heavy atom. The zero-order valence-corrected chi connectivity index (χ0v) is 16.5. The van der Waals surface area contributed by atoms with Gasteiger partial charge in [0.1, 0.15) is 6.04 Å². The van der Waals surface area contributed by atoms with Crippen molar-refractivity contribution in [1.29, 1.82) is 0 Å². The predicted molar refractivity (Wildman–Crippen MR) is 104 cm³/mol. The molecule has 2 N–H and O–H groups in total. The minimum absolute atomic E-state index is 0. The van der Waals surface area contributed by atoms with Gasteiger partial charge >= 0.3 is 0 Å².